The lowest BCUT2D eigenvalue weighted by Gasteiger charge is -2.52. The molecular weight excluding hydrogens is 276 g/mol. The summed E-state index contributed by atoms with van der Waals surface area (Å²) in [5.41, 5.74) is -0.587. The second-order valence-corrected chi connectivity index (χ2v) is 13.0. The molecule has 3 fully saturated rings. The Hall–Kier alpha value is -0.273. The van der Waals surface area contributed by atoms with E-state index in [0.717, 1.165) is 0 Å². The van der Waals surface area contributed by atoms with Gasteiger partial charge in [-0.2, -0.15) is 0 Å². The van der Waals surface area contributed by atoms with Gasteiger partial charge in [-0.1, -0.05) is 19.6 Å². The van der Waals surface area contributed by atoms with Crippen molar-refractivity contribution in [2.75, 3.05) is 7.11 Å². The van der Waals surface area contributed by atoms with Gasteiger partial charge >= 0.3 is 0 Å². The molecule has 0 radical (unpaired) electrons. The summed E-state index contributed by atoms with van der Waals surface area (Å²) in [5.74, 6) is -0.552. The van der Waals surface area contributed by atoms with Gasteiger partial charge in [-0.05, 0) is 19.4 Å². The number of hydrogen-bond donors (Lipinski definition) is 0. The first-order chi connectivity index (χ1) is 9.12. The molecule has 3 aliphatic rings. The third kappa shape index (κ3) is 1.78. The maximum atomic E-state index is 12.4. The Labute approximate surface area is 120 Å². The van der Waals surface area contributed by atoms with Crippen molar-refractivity contribution >= 4 is 13.9 Å². The number of hydrogen-bond acceptors (Lipinski definition) is 5. The molecule has 1 saturated carbocycles. The van der Waals surface area contributed by atoms with Crippen molar-refractivity contribution in [1.82, 2.24) is 0 Å². The number of carbonyl (C=O) groups excluding carboxylic acids is 1. The van der Waals surface area contributed by atoms with Crippen LogP contribution in [0.3, 0.4) is 0 Å². The molecule has 0 aromatic rings. The van der Waals surface area contributed by atoms with Crippen LogP contribution in [-0.4, -0.2) is 50.9 Å². The highest BCUT2D eigenvalue weighted by molar-refractivity contribution is 6.79. The smallest absolute Gasteiger partial charge is 0.187 e. The van der Waals surface area contributed by atoms with Gasteiger partial charge in [-0.25, -0.2) is 0 Å². The van der Waals surface area contributed by atoms with E-state index in [4.69, 9.17) is 18.9 Å². The van der Waals surface area contributed by atoms with E-state index in [-0.39, 0.29) is 23.5 Å². The zero-order valence-electron chi connectivity index (χ0n) is 13.1. The normalized spacial score (nSPS) is 46.6. The van der Waals surface area contributed by atoms with E-state index in [2.05, 4.69) is 19.6 Å². The third-order valence-corrected chi connectivity index (χ3v) is 7.48. The molecule has 6 heteroatoms. The topological polar surface area (TPSA) is 54.0 Å². The number of methoxy groups -OCH3 is 1. The minimum absolute atomic E-state index is 0.140. The van der Waals surface area contributed by atoms with Crippen molar-refractivity contribution in [3.8, 4) is 0 Å². The molecule has 2 aliphatic heterocycles. The summed E-state index contributed by atoms with van der Waals surface area (Å²) in [4.78, 5) is 12.4. The monoisotopic (exact) mass is 300 g/mol. The van der Waals surface area contributed by atoms with E-state index >= 15 is 0 Å². The van der Waals surface area contributed by atoms with E-state index in [0.29, 0.717) is 6.42 Å². The molecule has 0 aromatic carbocycles. The highest BCUT2D eigenvalue weighted by atomic mass is 28.3. The van der Waals surface area contributed by atoms with E-state index < -0.39 is 25.8 Å². The molecule has 0 bridgehead atoms. The number of Topliss-reactive ketones (excluding diaryl/α,β-unsaturated/α-hetero) is 1. The molecule has 3 rings (SSSR count). The molecule has 114 valence electrons. The van der Waals surface area contributed by atoms with Gasteiger partial charge in [0.25, 0.3) is 0 Å². The predicted octanol–water partition coefficient (Wildman–Crippen LogP) is 1.93. The molecular formula is C14H24O5Si. The van der Waals surface area contributed by atoms with E-state index in [1.54, 1.807) is 7.11 Å². The van der Waals surface area contributed by atoms with Crippen LogP contribution in [0.4, 0.5) is 0 Å². The number of fused-ring (bicyclic) bond motifs is 2. The first-order valence-corrected chi connectivity index (χ1v) is 10.8. The molecule has 5 atom stereocenters. The van der Waals surface area contributed by atoms with E-state index in [1.807, 2.05) is 13.8 Å². The molecule has 3 unspecified atom stereocenters. The standard InChI is InChI=1S/C14H24O5Si/c1-13(2)17-10-11(18-13)14(19-12(10)16-3)8(15)7-9(14)20(4,5)6/h9-12H,7H2,1-6H3/t9?,10-,11?,12?,14+/m0/s1. The predicted molar refractivity (Wildman–Crippen MR) is 75.2 cm³/mol. The maximum Gasteiger partial charge on any atom is 0.187 e. The summed E-state index contributed by atoms with van der Waals surface area (Å²) < 4.78 is 23.4. The molecule has 1 aliphatic carbocycles. The molecule has 1 spiro atoms. The average molecular weight is 300 g/mol. The zero-order valence-corrected chi connectivity index (χ0v) is 14.1. The second-order valence-electron chi connectivity index (χ2n) is 7.58. The average Bonchev–Trinajstić information content (AvgIpc) is 2.76. The van der Waals surface area contributed by atoms with Crippen molar-refractivity contribution in [3.05, 3.63) is 0 Å². The largest absolute Gasteiger partial charge is 0.353 e. The van der Waals surface area contributed by atoms with Crippen LogP contribution in [0.1, 0.15) is 20.3 Å². The van der Waals surface area contributed by atoms with Crippen molar-refractivity contribution in [2.45, 2.75) is 75.3 Å². The van der Waals surface area contributed by atoms with Crippen LogP contribution in [0.25, 0.3) is 0 Å². The Balaban J connectivity index is 1.99. The number of ketones is 1. The summed E-state index contributed by atoms with van der Waals surface area (Å²) in [6, 6.07) is 0. The van der Waals surface area contributed by atoms with Crippen LogP contribution in [0.2, 0.25) is 25.2 Å². The van der Waals surface area contributed by atoms with Crippen LogP contribution in [0.15, 0.2) is 0 Å². The molecule has 5 nitrogen and oxygen atoms in total. The Kier molecular flexibility index (Phi) is 3.03. The Morgan fingerprint density at radius 3 is 2.35 bits per heavy atom. The Morgan fingerprint density at radius 1 is 1.20 bits per heavy atom. The first-order valence-electron chi connectivity index (χ1n) is 7.21. The van der Waals surface area contributed by atoms with Gasteiger partial charge in [0, 0.05) is 13.5 Å². The van der Waals surface area contributed by atoms with Crippen molar-refractivity contribution in [3.63, 3.8) is 0 Å². The Morgan fingerprint density at radius 2 is 1.85 bits per heavy atom. The fraction of sp³-hybridized carbons (Fsp3) is 0.929. The van der Waals surface area contributed by atoms with Crippen LogP contribution in [0.5, 0.6) is 0 Å². The zero-order chi connectivity index (χ0) is 14.9. The summed E-state index contributed by atoms with van der Waals surface area (Å²) in [7, 11) is 0.0469. The first kappa shape index (κ1) is 14.7. The van der Waals surface area contributed by atoms with Crippen molar-refractivity contribution < 1.29 is 23.7 Å². The van der Waals surface area contributed by atoms with Crippen LogP contribution in [-0.2, 0) is 23.7 Å². The quantitative estimate of drug-likeness (QED) is 0.729. The van der Waals surface area contributed by atoms with Gasteiger partial charge in [0.05, 0.1) is 8.07 Å². The number of carbonyl (C=O) groups is 1. The number of ether oxygens (including phenoxy) is 4. The molecule has 2 saturated heterocycles. The van der Waals surface area contributed by atoms with Crippen molar-refractivity contribution in [2.24, 2.45) is 0 Å². The molecule has 20 heavy (non-hydrogen) atoms. The fourth-order valence-corrected chi connectivity index (χ4v) is 6.32. The van der Waals surface area contributed by atoms with Crippen LogP contribution in [0, 0.1) is 0 Å². The maximum absolute atomic E-state index is 12.4. The highest BCUT2D eigenvalue weighted by Crippen LogP contribution is 2.59. The summed E-state index contributed by atoms with van der Waals surface area (Å²) in [6.07, 6.45) is -0.595. The lowest BCUT2D eigenvalue weighted by molar-refractivity contribution is -0.255. The lowest BCUT2D eigenvalue weighted by atomic mass is 9.73. The number of rotatable bonds is 2. The van der Waals surface area contributed by atoms with Gasteiger partial charge in [-0.3, -0.25) is 4.79 Å². The SMILES string of the molecule is COC1O[C@@]2(C(=O)CC2[Si](C)(C)C)C2OC(C)(C)O[C@H]12. The molecule has 0 N–H and O–H groups in total. The fourth-order valence-electron chi connectivity index (χ4n) is 3.84. The van der Waals surface area contributed by atoms with Crippen LogP contribution < -0.4 is 0 Å². The van der Waals surface area contributed by atoms with E-state index in [9.17, 15) is 4.79 Å². The summed E-state index contributed by atoms with van der Waals surface area (Å²) in [6.45, 7) is 10.6. The van der Waals surface area contributed by atoms with Crippen molar-refractivity contribution in [1.29, 1.82) is 0 Å². The lowest BCUT2D eigenvalue weighted by Crippen LogP contribution is -2.66. The van der Waals surface area contributed by atoms with Crippen LogP contribution >= 0.6 is 0 Å². The summed E-state index contributed by atoms with van der Waals surface area (Å²) >= 11 is 0. The minimum atomic E-state index is -1.54. The summed E-state index contributed by atoms with van der Waals surface area (Å²) in [5, 5.41) is 0. The second kappa shape index (κ2) is 4.13. The molecule has 2 heterocycles. The molecule has 0 aromatic heterocycles. The molecule has 0 amide bonds. The highest BCUT2D eigenvalue weighted by Gasteiger charge is 2.74. The van der Waals surface area contributed by atoms with Gasteiger partial charge < -0.3 is 18.9 Å². The van der Waals surface area contributed by atoms with Gasteiger partial charge in [0.1, 0.15) is 12.2 Å². The Bertz CT molecular complexity index is 443. The van der Waals surface area contributed by atoms with Gasteiger partial charge in [-0.15, -0.1) is 0 Å². The van der Waals surface area contributed by atoms with E-state index in [1.165, 1.54) is 0 Å². The third-order valence-electron chi connectivity index (χ3n) is 4.75. The van der Waals surface area contributed by atoms with Gasteiger partial charge in [0.15, 0.2) is 23.5 Å². The van der Waals surface area contributed by atoms with Gasteiger partial charge in [0.2, 0.25) is 0 Å². The minimum Gasteiger partial charge on any atom is -0.353 e.